The molecule has 0 aromatic heterocycles. The summed E-state index contributed by atoms with van der Waals surface area (Å²) >= 11 is 11.5. The van der Waals surface area contributed by atoms with Gasteiger partial charge in [0.2, 0.25) is 0 Å². The Balaban J connectivity index is 2.16. The van der Waals surface area contributed by atoms with E-state index in [1.807, 2.05) is 0 Å². The van der Waals surface area contributed by atoms with E-state index in [2.05, 4.69) is 5.32 Å². The van der Waals surface area contributed by atoms with Crippen LogP contribution in [0.15, 0.2) is 42.5 Å². The first-order chi connectivity index (χ1) is 11.2. The average Bonchev–Trinajstić information content (AvgIpc) is 2.50. The van der Waals surface area contributed by atoms with Gasteiger partial charge in [-0.25, -0.2) is 0 Å². The van der Waals surface area contributed by atoms with E-state index in [0.29, 0.717) is 5.02 Å². The van der Waals surface area contributed by atoms with Crippen molar-refractivity contribution in [3.8, 4) is 5.75 Å². The maximum atomic E-state index is 13.0. The molecule has 24 heavy (non-hydrogen) atoms. The summed E-state index contributed by atoms with van der Waals surface area (Å²) in [5.74, 6) is -0.489. The monoisotopic (exact) mass is 377 g/mol. The zero-order valence-electron chi connectivity index (χ0n) is 12.3. The number of alkyl halides is 3. The summed E-state index contributed by atoms with van der Waals surface area (Å²) in [4.78, 5) is 12.1. The van der Waals surface area contributed by atoms with Crippen LogP contribution in [-0.2, 0) is 11.0 Å². The fourth-order valence-corrected chi connectivity index (χ4v) is 2.23. The lowest BCUT2D eigenvalue weighted by Crippen LogP contribution is -2.31. The van der Waals surface area contributed by atoms with Gasteiger partial charge in [0.25, 0.3) is 5.91 Å². The predicted octanol–water partition coefficient (Wildman–Crippen LogP) is 5.42. The second kappa shape index (κ2) is 7.32. The highest BCUT2D eigenvalue weighted by Crippen LogP contribution is 2.36. The number of carbonyl (C=O) groups is 1. The van der Waals surface area contributed by atoms with E-state index in [4.69, 9.17) is 27.9 Å². The van der Waals surface area contributed by atoms with Crippen molar-refractivity contribution in [2.75, 3.05) is 5.32 Å². The molecule has 3 nitrogen and oxygen atoms in total. The zero-order chi connectivity index (χ0) is 17.9. The molecule has 1 N–H and O–H groups in total. The van der Waals surface area contributed by atoms with Crippen LogP contribution in [0.1, 0.15) is 12.5 Å². The third-order valence-electron chi connectivity index (χ3n) is 3.05. The van der Waals surface area contributed by atoms with Gasteiger partial charge in [-0.1, -0.05) is 35.3 Å². The standard InChI is InChI=1S/C16H12Cl2F3NO2/c1-9(24-14-5-3-2-4-12(14)18)15(23)22-13-7-6-10(17)8-11(13)16(19,20)21/h2-9H,1H3,(H,22,23)/t9-/m0/s1. The molecular weight excluding hydrogens is 366 g/mol. The summed E-state index contributed by atoms with van der Waals surface area (Å²) in [6.07, 6.45) is -5.71. The SMILES string of the molecule is C[C@H](Oc1ccccc1Cl)C(=O)Nc1ccc(Cl)cc1C(F)(F)F. The summed E-state index contributed by atoms with van der Waals surface area (Å²) in [6.45, 7) is 1.40. The Morgan fingerprint density at radius 2 is 1.83 bits per heavy atom. The number of rotatable bonds is 4. The van der Waals surface area contributed by atoms with Gasteiger partial charge in [-0.3, -0.25) is 4.79 Å². The second-order valence-corrected chi connectivity index (χ2v) is 5.71. The van der Waals surface area contributed by atoms with Gasteiger partial charge in [0.15, 0.2) is 6.10 Å². The van der Waals surface area contributed by atoms with Gasteiger partial charge >= 0.3 is 6.18 Å². The van der Waals surface area contributed by atoms with E-state index >= 15 is 0 Å². The predicted molar refractivity (Wildman–Crippen MR) is 86.6 cm³/mol. The molecule has 2 aromatic rings. The minimum absolute atomic E-state index is 0.0827. The molecule has 1 amide bonds. The van der Waals surface area contributed by atoms with Crippen molar-refractivity contribution in [3.63, 3.8) is 0 Å². The van der Waals surface area contributed by atoms with Crippen molar-refractivity contribution in [2.24, 2.45) is 0 Å². The fourth-order valence-electron chi connectivity index (χ4n) is 1.88. The van der Waals surface area contributed by atoms with Crippen LogP contribution in [0.5, 0.6) is 5.75 Å². The molecule has 0 spiro atoms. The number of carbonyl (C=O) groups excluding carboxylic acids is 1. The Morgan fingerprint density at radius 3 is 2.46 bits per heavy atom. The van der Waals surface area contributed by atoms with Gasteiger partial charge in [-0.15, -0.1) is 0 Å². The molecule has 2 aromatic carbocycles. The summed E-state index contributed by atoms with van der Waals surface area (Å²) in [6, 6.07) is 9.56. The van der Waals surface area contributed by atoms with Gasteiger partial charge in [0, 0.05) is 5.02 Å². The summed E-state index contributed by atoms with van der Waals surface area (Å²) in [5.41, 5.74) is -1.43. The summed E-state index contributed by atoms with van der Waals surface area (Å²) in [7, 11) is 0. The number of amides is 1. The molecular formula is C16H12Cl2F3NO2. The van der Waals surface area contributed by atoms with Crippen LogP contribution < -0.4 is 10.1 Å². The highest BCUT2D eigenvalue weighted by atomic mass is 35.5. The smallest absolute Gasteiger partial charge is 0.418 e. The second-order valence-electron chi connectivity index (χ2n) is 4.87. The van der Waals surface area contributed by atoms with Crippen molar-refractivity contribution in [3.05, 3.63) is 58.1 Å². The van der Waals surface area contributed by atoms with Crippen LogP contribution in [0.4, 0.5) is 18.9 Å². The normalized spacial score (nSPS) is 12.6. The first-order valence-electron chi connectivity index (χ1n) is 6.77. The molecule has 1 atom stereocenters. The van der Waals surface area contributed by atoms with Gasteiger partial charge in [0.05, 0.1) is 16.3 Å². The number of hydrogen-bond acceptors (Lipinski definition) is 2. The lowest BCUT2D eigenvalue weighted by atomic mass is 10.1. The maximum Gasteiger partial charge on any atom is 0.418 e. The fraction of sp³-hybridized carbons (Fsp3) is 0.188. The third kappa shape index (κ3) is 4.55. The summed E-state index contributed by atoms with van der Waals surface area (Å²) in [5, 5.41) is 2.41. The van der Waals surface area contributed by atoms with E-state index in [-0.39, 0.29) is 10.8 Å². The van der Waals surface area contributed by atoms with Gasteiger partial charge in [-0.05, 0) is 37.3 Å². The highest BCUT2D eigenvalue weighted by Gasteiger charge is 2.34. The molecule has 8 heteroatoms. The van der Waals surface area contributed by atoms with E-state index in [0.717, 1.165) is 12.1 Å². The number of halogens is 5. The van der Waals surface area contributed by atoms with Crippen molar-refractivity contribution in [1.82, 2.24) is 0 Å². The van der Waals surface area contributed by atoms with E-state index in [1.165, 1.54) is 13.0 Å². The minimum atomic E-state index is -4.65. The Kier molecular flexibility index (Phi) is 5.62. The van der Waals surface area contributed by atoms with Crippen molar-refractivity contribution in [1.29, 1.82) is 0 Å². The first kappa shape index (κ1) is 18.4. The largest absolute Gasteiger partial charge is 0.479 e. The molecule has 0 aliphatic rings. The molecule has 0 saturated heterocycles. The Bertz CT molecular complexity index is 750. The molecule has 0 aliphatic heterocycles. The number of ether oxygens (including phenoxy) is 1. The summed E-state index contributed by atoms with van der Waals surface area (Å²) < 4.78 is 44.4. The van der Waals surface area contributed by atoms with Gasteiger partial charge in [-0.2, -0.15) is 13.2 Å². The number of anilines is 1. The molecule has 128 valence electrons. The van der Waals surface area contributed by atoms with Crippen molar-refractivity contribution >= 4 is 34.8 Å². The lowest BCUT2D eigenvalue weighted by Gasteiger charge is -2.18. The highest BCUT2D eigenvalue weighted by molar-refractivity contribution is 6.32. The molecule has 0 radical (unpaired) electrons. The Morgan fingerprint density at radius 1 is 1.17 bits per heavy atom. The van der Waals surface area contributed by atoms with Crippen LogP contribution in [0, 0.1) is 0 Å². The van der Waals surface area contributed by atoms with Crippen LogP contribution in [0.2, 0.25) is 10.0 Å². The van der Waals surface area contributed by atoms with Crippen LogP contribution in [-0.4, -0.2) is 12.0 Å². The van der Waals surface area contributed by atoms with E-state index < -0.39 is 29.4 Å². The van der Waals surface area contributed by atoms with Crippen molar-refractivity contribution < 1.29 is 22.7 Å². The number of benzene rings is 2. The quantitative estimate of drug-likeness (QED) is 0.772. The lowest BCUT2D eigenvalue weighted by molar-refractivity contribution is -0.137. The van der Waals surface area contributed by atoms with E-state index in [9.17, 15) is 18.0 Å². The van der Waals surface area contributed by atoms with Crippen LogP contribution in [0.3, 0.4) is 0 Å². The van der Waals surface area contributed by atoms with Crippen LogP contribution in [0.25, 0.3) is 0 Å². The minimum Gasteiger partial charge on any atom is -0.479 e. The average molecular weight is 378 g/mol. The number of hydrogen-bond donors (Lipinski definition) is 1. The first-order valence-corrected chi connectivity index (χ1v) is 7.53. The maximum absolute atomic E-state index is 13.0. The molecule has 0 fully saturated rings. The molecule has 0 aliphatic carbocycles. The van der Waals surface area contributed by atoms with Crippen molar-refractivity contribution in [2.45, 2.75) is 19.2 Å². The molecule has 0 heterocycles. The molecule has 0 unspecified atom stereocenters. The van der Waals surface area contributed by atoms with E-state index in [1.54, 1.807) is 24.3 Å². The third-order valence-corrected chi connectivity index (χ3v) is 3.60. The molecule has 0 saturated carbocycles. The van der Waals surface area contributed by atoms with Gasteiger partial charge < -0.3 is 10.1 Å². The molecule has 2 rings (SSSR count). The topological polar surface area (TPSA) is 38.3 Å². The van der Waals surface area contributed by atoms with Gasteiger partial charge in [0.1, 0.15) is 5.75 Å². The Hall–Kier alpha value is -1.92. The zero-order valence-corrected chi connectivity index (χ0v) is 13.8. The number of para-hydroxylation sites is 1. The Labute approximate surface area is 146 Å². The molecule has 0 bridgehead atoms. The number of nitrogens with one attached hydrogen (secondary N) is 1. The van der Waals surface area contributed by atoms with Crippen LogP contribution >= 0.6 is 23.2 Å².